The van der Waals surface area contributed by atoms with Crippen molar-refractivity contribution in [1.82, 2.24) is 14.5 Å². The highest BCUT2D eigenvalue weighted by atomic mass is 16.5. The second-order valence-corrected chi connectivity index (χ2v) is 11.5. The summed E-state index contributed by atoms with van der Waals surface area (Å²) < 4.78 is 7.81. The Morgan fingerprint density at radius 2 is 1.58 bits per heavy atom. The highest BCUT2D eigenvalue weighted by Gasteiger charge is 2.23. The summed E-state index contributed by atoms with van der Waals surface area (Å²) in [5.74, 6) is -0.715. The van der Waals surface area contributed by atoms with Gasteiger partial charge in [-0.25, -0.2) is 19.6 Å². The fourth-order valence-electron chi connectivity index (χ4n) is 6.40. The third-order valence-corrected chi connectivity index (χ3v) is 8.54. The average molecular weight is 598 g/mol. The third kappa shape index (κ3) is 5.62. The lowest BCUT2D eigenvalue weighted by atomic mass is 9.94. The fourth-order valence-corrected chi connectivity index (χ4v) is 6.40. The highest BCUT2D eigenvalue weighted by Crippen LogP contribution is 2.38. The Bertz CT molecular complexity index is 2060. The predicted molar refractivity (Wildman–Crippen MR) is 174 cm³/mol. The molecule has 0 bridgehead atoms. The van der Waals surface area contributed by atoms with Crippen LogP contribution in [0.4, 0.5) is 0 Å². The monoisotopic (exact) mass is 597 g/mol. The van der Waals surface area contributed by atoms with Gasteiger partial charge in [-0.2, -0.15) is 0 Å². The molecule has 8 nitrogen and oxygen atoms in total. The van der Waals surface area contributed by atoms with Gasteiger partial charge in [-0.05, 0) is 78.6 Å². The number of aromatic nitrogens is 3. The lowest BCUT2D eigenvalue weighted by Gasteiger charge is -2.25. The number of hydrogen-bond donors (Lipinski definition) is 2. The SMILES string of the molecule is O=C(O)COc1ccc(-c2ccccc2)c(-c2ccc3cc(-c4nc5cc(C(=O)O)ccc5n4C4CCCCC4)ccc3n2)c1. The van der Waals surface area contributed by atoms with Crippen LogP contribution in [0.5, 0.6) is 5.75 Å². The van der Waals surface area contributed by atoms with Gasteiger partial charge in [0.2, 0.25) is 0 Å². The van der Waals surface area contributed by atoms with E-state index in [4.69, 9.17) is 19.8 Å². The maximum atomic E-state index is 11.7. The molecule has 2 aromatic heterocycles. The van der Waals surface area contributed by atoms with Gasteiger partial charge in [-0.3, -0.25) is 0 Å². The molecule has 6 aromatic rings. The molecule has 0 spiro atoms. The van der Waals surface area contributed by atoms with Crippen LogP contribution in [0.15, 0.2) is 97.1 Å². The summed E-state index contributed by atoms with van der Waals surface area (Å²) in [5.41, 5.74) is 7.17. The Hall–Kier alpha value is -5.50. The molecule has 1 aliphatic carbocycles. The van der Waals surface area contributed by atoms with Gasteiger partial charge in [0.15, 0.2) is 6.61 Å². The van der Waals surface area contributed by atoms with E-state index in [2.05, 4.69) is 10.6 Å². The van der Waals surface area contributed by atoms with E-state index in [0.717, 1.165) is 75.9 Å². The summed E-state index contributed by atoms with van der Waals surface area (Å²) in [6.07, 6.45) is 5.68. The molecule has 2 N–H and O–H groups in total. The molecule has 0 aliphatic heterocycles. The number of carboxylic acids is 2. The molecule has 1 saturated carbocycles. The van der Waals surface area contributed by atoms with E-state index in [1.54, 1.807) is 18.2 Å². The summed E-state index contributed by atoms with van der Waals surface area (Å²) in [7, 11) is 0. The van der Waals surface area contributed by atoms with Crippen LogP contribution in [-0.2, 0) is 4.79 Å². The number of fused-ring (bicyclic) bond motifs is 2. The molecule has 0 unspecified atom stereocenters. The van der Waals surface area contributed by atoms with Crippen molar-refractivity contribution in [3.05, 3.63) is 103 Å². The molecular formula is C37H31N3O5. The predicted octanol–water partition coefficient (Wildman–Crippen LogP) is 8.25. The van der Waals surface area contributed by atoms with Crippen molar-refractivity contribution in [2.75, 3.05) is 6.61 Å². The molecule has 224 valence electrons. The molecule has 2 heterocycles. The number of carbonyl (C=O) groups is 2. The number of benzene rings is 4. The maximum absolute atomic E-state index is 11.7. The Morgan fingerprint density at radius 3 is 2.36 bits per heavy atom. The van der Waals surface area contributed by atoms with Crippen LogP contribution in [0.3, 0.4) is 0 Å². The number of carboxylic acid groups (broad SMARTS) is 2. The highest BCUT2D eigenvalue weighted by molar-refractivity contribution is 5.94. The van der Waals surface area contributed by atoms with E-state index in [-0.39, 0.29) is 5.56 Å². The van der Waals surface area contributed by atoms with Crippen LogP contribution in [0.2, 0.25) is 0 Å². The van der Waals surface area contributed by atoms with Crippen molar-refractivity contribution >= 4 is 33.9 Å². The van der Waals surface area contributed by atoms with Gasteiger partial charge in [-0.15, -0.1) is 0 Å². The van der Waals surface area contributed by atoms with Crippen LogP contribution in [0, 0.1) is 0 Å². The minimum absolute atomic E-state index is 0.227. The molecule has 1 fully saturated rings. The lowest BCUT2D eigenvalue weighted by Crippen LogP contribution is -2.14. The van der Waals surface area contributed by atoms with Gasteiger partial charge in [0.05, 0.1) is 27.8 Å². The van der Waals surface area contributed by atoms with Crippen LogP contribution in [0.25, 0.3) is 55.7 Å². The number of rotatable bonds is 8. The number of nitrogens with zero attached hydrogens (tertiary/aromatic N) is 3. The Morgan fingerprint density at radius 1 is 0.756 bits per heavy atom. The number of pyridine rings is 1. The number of imidazole rings is 1. The molecule has 0 saturated heterocycles. The molecule has 8 heteroatoms. The number of aliphatic carboxylic acids is 1. The first-order chi connectivity index (χ1) is 21.9. The zero-order chi connectivity index (χ0) is 30.9. The molecule has 0 atom stereocenters. The van der Waals surface area contributed by atoms with E-state index in [9.17, 15) is 14.7 Å². The first-order valence-corrected chi connectivity index (χ1v) is 15.2. The first-order valence-electron chi connectivity index (χ1n) is 15.2. The molecule has 4 aromatic carbocycles. The summed E-state index contributed by atoms with van der Waals surface area (Å²) in [6, 6.07) is 31.2. The number of hydrogen-bond acceptors (Lipinski definition) is 5. The summed E-state index contributed by atoms with van der Waals surface area (Å²) in [4.78, 5) is 32.8. The zero-order valence-electron chi connectivity index (χ0n) is 24.5. The van der Waals surface area contributed by atoms with E-state index >= 15 is 0 Å². The largest absolute Gasteiger partial charge is 0.482 e. The van der Waals surface area contributed by atoms with E-state index in [1.165, 1.54) is 6.42 Å². The molecule has 7 rings (SSSR count). The molecule has 45 heavy (non-hydrogen) atoms. The smallest absolute Gasteiger partial charge is 0.341 e. The van der Waals surface area contributed by atoms with E-state index in [1.807, 2.05) is 72.8 Å². The minimum Gasteiger partial charge on any atom is -0.482 e. The van der Waals surface area contributed by atoms with Crippen molar-refractivity contribution in [2.45, 2.75) is 38.1 Å². The van der Waals surface area contributed by atoms with Gasteiger partial charge < -0.3 is 19.5 Å². The minimum atomic E-state index is -1.04. The van der Waals surface area contributed by atoms with E-state index < -0.39 is 18.5 Å². The maximum Gasteiger partial charge on any atom is 0.341 e. The van der Waals surface area contributed by atoms with Crippen molar-refractivity contribution in [3.63, 3.8) is 0 Å². The topological polar surface area (TPSA) is 115 Å². The number of ether oxygens (including phenoxy) is 1. The fraction of sp³-hybridized carbons (Fsp3) is 0.189. The van der Waals surface area contributed by atoms with Crippen LogP contribution < -0.4 is 4.74 Å². The Kier molecular flexibility index (Phi) is 7.47. The Balaban J connectivity index is 1.32. The van der Waals surface area contributed by atoms with E-state index in [0.29, 0.717) is 17.3 Å². The average Bonchev–Trinajstić information content (AvgIpc) is 3.46. The molecule has 0 amide bonds. The van der Waals surface area contributed by atoms with Crippen molar-refractivity contribution < 1.29 is 24.5 Å². The normalized spacial score (nSPS) is 13.7. The van der Waals surface area contributed by atoms with Gasteiger partial charge in [0.25, 0.3) is 0 Å². The zero-order valence-corrected chi connectivity index (χ0v) is 24.5. The van der Waals surface area contributed by atoms with Crippen molar-refractivity contribution in [1.29, 1.82) is 0 Å². The Labute approximate surface area is 259 Å². The molecule has 1 aliphatic rings. The number of aromatic carboxylic acids is 1. The molecule has 0 radical (unpaired) electrons. The van der Waals surface area contributed by atoms with Gasteiger partial charge in [-0.1, -0.05) is 61.7 Å². The molecular weight excluding hydrogens is 566 g/mol. The van der Waals surface area contributed by atoms with Crippen LogP contribution in [0.1, 0.15) is 48.5 Å². The van der Waals surface area contributed by atoms with Crippen LogP contribution in [-0.4, -0.2) is 43.3 Å². The van der Waals surface area contributed by atoms with Crippen LogP contribution >= 0.6 is 0 Å². The van der Waals surface area contributed by atoms with Gasteiger partial charge >= 0.3 is 11.9 Å². The van der Waals surface area contributed by atoms with Gasteiger partial charge in [0.1, 0.15) is 11.6 Å². The van der Waals surface area contributed by atoms with Crippen molar-refractivity contribution in [3.8, 4) is 39.5 Å². The second kappa shape index (κ2) is 11.9. The second-order valence-electron chi connectivity index (χ2n) is 11.5. The standard InChI is InChI=1S/C37H31N3O5/c41-35(42)22-45-28-14-15-29(23-7-3-1-4-8-23)30(21-28)32-17-11-24-19-25(12-16-31(24)38-32)36-39-33-20-26(37(43)44)13-18-34(33)40(36)27-9-5-2-6-10-27/h1,3-4,7-8,11-21,27H,2,5-6,9-10,22H2,(H,41,42)(H,43,44). The van der Waals surface area contributed by atoms with Gasteiger partial charge in [0, 0.05) is 22.6 Å². The van der Waals surface area contributed by atoms with Crippen molar-refractivity contribution in [2.24, 2.45) is 0 Å². The lowest BCUT2D eigenvalue weighted by molar-refractivity contribution is -0.139. The quantitative estimate of drug-likeness (QED) is 0.182. The first kappa shape index (κ1) is 28.3. The third-order valence-electron chi connectivity index (χ3n) is 8.54. The summed E-state index contributed by atoms with van der Waals surface area (Å²) >= 11 is 0. The summed E-state index contributed by atoms with van der Waals surface area (Å²) in [5, 5.41) is 19.6. The summed E-state index contributed by atoms with van der Waals surface area (Å²) in [6.45, 7) is -0.429.